The van der Waals surface area contributed by atoms with Crippen molar-refractivity contribution >= 4 is 17.3 Å². The van der Waals surface area contributed by atoms with Crippen LogP contribution in [0.1, 0.15) is 0 Å². The Bertz CT molecular complexity index is 613. The van der Waals surface area contributed by atoms with Gasteiger partial charge in [0.2, 0.25) is 0 Å². The molecule has 0 atom stereocenters. The number of hydrogen-bond acceptors (Lipinski definition) is 3. The van der Waals surface area contributed by atoms with Crippen molar-refractivity contribution in [2.24, 2.45) is 0 Å². The van der Waals surface area contributed by atoms with Gasteiger partial charge in [0.15, 0.2) is 5.75 Å². The Hall–Kier alpha value is -2.01. The molecule has 0 fully saturated rings. The zero-order chi connectivity index (χ0) is 12.4. The summed E-state index contributed by atoms with van der Waals surface area (Å²) in [5, 5.41) is 0.0416. The highest BCUT2D eigenvalue weighted by Gasteiger charge is 2.09. The van der Waals surface area contributed by atoms with Crippen LogP contribution in [0.5, 0.6) is 11.5 Å². The van der Waals surface area contributed by atoms with Crippen molar-refractivity contribution in [1.82, 2.24) is 4.98 Å². The minimum Gasteiger partial charge on any atom is -0.450 e. The molecule has 0 saturated heterocycles. The molecule has 0 radical (unpaired) electrons. The first-order chi connectivity index (χ1) is 8.08. The molecule has 0 unspecified atom stereocenters. The fourth-order valence-corrected chi connectivity index (χ4v) is 1.42. The van der Waals surface area contributed by atoms with E-state index in [-0.39, 0.29) is 22.2 Å². The second-order valence-electron chi connectivity index (χ2n) is 3.27. The number of rotatable bonds is 2. The Morgan fingerprint density at radius 3 is 2.82 bits per heavy atom. The predicted molar refractivity (Wildman–Crippen MR) is 63.0 cm³/mol. The molecule has 1 aromatic carbocycles. The molecule has 0 aliphatic heterocycles. The van der Waals surface area contributed by atoms with Crippen molar-refractivity contribution < 1.29 is 9.13 Å². The molecule has 1 heterocycles. The van der Waals surface area contributed by atoms with E-state index in [4.69, 9.17) is 22.1 Å². The van der Waals surface area contributed by atoms with Gasteiger partial charge < -0.3 is 15.5 Å². The number of benzene rings is 1. The third-order valence-electron chi connectivity index (χ3n) is 2.05. The number of nitrogens with two attached hydrogens (primary N) is 1. The first-order valence-electron chi connectivity index (χ1n) is 4.68. The first-order valence-corrected chi connectivity index (χ1v) is 5.06. The van der Waals surface area contributed by atoms with Crippen molar-refractivity contribution in [2.45, 2.75) is 0 Å². The average Bonchev–Trinajstić information content (AvgIpc) is 2.29. The number of nitrogen functional groups attached to an aromatic ring is 1. The molecule has 0 aliphatic carbocycles. The number of nitrogens with one attached hydrogen (secondary N) is 1. The van der Waals surface area contributed by atoms with Crippen molar-refractivity contribution in [3.8, 4) is 11.5 Å². The van der Waals surface area contributed by atoms with Gasteiger partial charge >= 0.3 is 0 Å². The van der Waals surface area contributed by atoms with Crippen molar-refractivity contribution in [2.75, 3.05) is 5.73 Å². The van der Waals surface area contributed by atoms with Crippen LogP contribution in [0, 0.1) is 5.82 Å². The molecular formula is C11H8ClFN2O2. The maximum absolute atomic E-state index is 13.0. The Morgan fingerprint density at radius 2 is 2.12 bits per heavy atom. The lowest BCUT2D eigenvalue weighted by Crippen LogP contribution is -2.07. The van der Waals surface area contributed by atoms with Crippen LogP contribution in [0.3, 0.4) is 0 Å². The molecule has 6 heteroatoms. The molecule has 0 amide bonds. The number of H-pyrrole nitrogens is 1. The number of ether oxygens (including phenoxy) is 1. The Kier molecular flexibility index (Phi) is 3.01. The van der Waals surface area contributed by atoms with Gasteiger partial charge in [0.05, 0.1) is 10.7 Å². The minimum absolute atomic E-state index is 0.0416. The number of hydrogen-bond donors (Lipinski definition) is 2. The van der Waals surface area contributed by atoms with Gasteiger partial charge in [0.1, 0.15) is 11.6 Å². The quantitative estimate of drug-likeness (QED) is 0.809. The van der Waals surface area contributed by atoms with Crippen LogP contribution in [-0.2, 0) is 0 Å². The fourth-order valence-electron chi connectivity index (χ4n) is 1.23. The Labute approximate surface area is 101 Å². The van der Waals surface area contributed by atoms with Crippen LogP contribution in [0.4, 0.5) is 10.1 Å². The van der Waals surface area contributed by atoms with Gasteiger partial charge in [-0.05, 0) is 18.2 Å². The van der Waals surface area contributed by atoms with Gasteiger partial charge in [-0.3, -0.25) is 4.79 Å². The summed E-state index contributed by atoms with van der Waals surface area (Å²) in [5.74, 6) is -0.452. The van der Waals surface area contributed by atoms with Gasteiger partial charge in [-0.25, -0.2) is 4.39 Å². The molecule has 3 N–H and O–H groups in total. The minimum atomic E-state index is -0.635. The summed E-state index contributed by atoms with van der Waals surface area (Å²) in [6.07, 6.45) is 1.47. The van der Waals surface area contributed by atoms with Gasteiger partial charge in [-0.1, -0.05) is 11.6 Å². The third kappa shape index (κ3) is 2.39. The van der Waals surface area contributed by atoms with E-state index in [1.807, 2.05) is 0 Å². The second-order valence-corrected chi connectivity index (χ2v) is 3.68. The summed E-state index contributed by atoms with van der Waals surface area (Å²) in [7, 11) is 0. The zero-order valence-corrected chi connectivity index (χ0v) is 9.29. The lowest BCUT2D eigenvalue weighted by molar-refractivity contribution is 0.473. The second kappa shape index (κ2) is 4.47. The van der Waals surface area contributed by atoms with Gasteiger partial charge in [0, 0.05) is 12.3 Å². The lowest BCUT2D eigenvalue weighted by Gasteiger charge is -2.07. The number of anilines is 1. The SMILES string of the molecule is Nc1cc(Oc2ccc[nH]c2=O)c(Cl)cc1F. The highest BCUT2D eigenvalue weighted by molar-refractivity contribution is 6.32. The normalized spacial score (nSPS) is 10.2. The van der Waals surface area contributed by atoms with Crippen LogP contribution >= 0.6 is 11.6 Å². The van der Waals surface area contributed by atoms with E-state index in [0.29, 0.717) is 0 Å². The first kappa shape index (κ1) is 11.5. The van der Waals surface area contributed by atoms with Gasteiger partial charge in [0.25, 0.3) is 5.56 Å². The summed E-state index contributed by atoms with van der Waals surface area (Å²) >= 11 is 5.77. The van der Waals surface area contributed by atoms with Crippen molar-refractivity contribution in [1.29, 1.82) is 0 Å². The van der Waals surface area contributed by atoms with Crippen LogP contribution < -0.4 is 16.0 Å². The molecule has 88 valence electrons. The van der Waals surface area contributed by atoms with E-state index < -0.39 is 11.4 Å². The van der Waals surface area contributed by atoms with E-state index >= 15 is 0 Å². The molecule has 0 aliphatic rings. The van der Waals surface area contributed by atoms with Crippen molar-refractivity contribution in [3.63, 3.8) is 0 Å². The smallest absolute Gasteiger partial charge is 0.290 e. The van der Waals surface area contributed by atoms with E-state index in [1.165, 1.54) is 18.3 Å². The molecule has 2 aromatic rings. The topological polar surface area (TPSA) is 68.1 Å². The molecule has 2 rings (SSSR count). The highest BCUT2D eigenvalue weighted by Crippen LogP contribution is 2.31. The standard InChI is InChI=1S/C11H8ClFN2O2/c12-6-4-7(13)8(14)5-10(6)17-9-2-1-3-15-11(9)16/h1-5H,14H2,(H,15,16). The summed E-state index contributed by atoms with van der Waals surface area (Å²) in [6, 6.07) is 5.32. The van der Waals surface area contributed by atoms with Crippen LogP contribution in [0.2, 0.25) is 5.02 Å². The van der Waals surface area contributed by atoms with Crippen LogP contribution in [0.25, 0.3) is 0 Å². The molecule has 4 nitrogen and oxygen atoms in total. The third-order valence-corrected chi connectivity index (χ3v) is 2.35. The predicted octanol–water partition coefficient (Wildman–Crippen LogP) is 2.54. The maximum atomic E-state index is 13.0. The molecule has 0 spiro atoms. The van der Waals surface area contributed by atoms with Crippen LogP contribution in [0.15, 0.2) is 35.3 Å². The van der Waals surface area contributed by atoms with E-state index in [0.717, 1.165) is 6.07 Å². The highest BCUT2D eigenvalue weighted by atomic mass is 35.5. The van der Waals surface area contributed by atoms with E-state index in [1.54, 1.807) is 6.07 Å². The summed E-state index contributed by atoms with van der Waals surface area (Å²) in [6.45, 7) is 0. The van der Waals surface area contributed by atoms with Crippen molar-refractivity contribution in [3.05, 3.63) is 51.7 Å². The number of pyridine rings is 1. The molecule has 17 heavy (non-hydrogen) atoms. The maximum Gasteiger partial charge on any atom is 0.290 e. The van der Waals surface area contributed by atoms with E-state index in [2.05, 4.69) is 4.98 Å². The number of halogens is 2. The summed E-state index contributed by atoms with van der Waals surface area (Å²) < 4.78 is 18.3. The summed E-state index contributed by atoms with van der Waals surface area (Å²) in [4.78, 5) is 13.8. The van der Waals surface area contributed by atoms with E-state index in [9.17, 15) is 9.18 Å². The molecule has 0 bridgehead atoms. The number of aromatic nitrogens is 1. The molecule has 0 saturated carbocycles. The monoisotopic (exact) mass is 254 g/mol. The largest absolute Gasteiger partial charge is 0.450 e. The Morgan fingerprint density at radius 1 is 1.35 bits per heavy atom. The molecular weight excluding hydrogens is 247 g/mol. The summed E-state index contributed by atoms with van der Waals surface area (Å²) in [5.41, 5.74) is 4.87. The fraction of sp³-hybridized carbons (Fsp3) is 0. The van der Waals surface area contributed by atoms with Gasteiger partial charge in [-0.2, -0.15) is 0 Å². The number of aromatic amines is 1. The van der Waals surface area contributed by atoms with Crippen LogP contribution in [-0.4, -0.2) is 4.98 Å². The lowest BCUT2D eigenvalue weighted by atomic mass is 10.3. The van der Waals surface area contributed by atoms with Gasteiger partial charge in [-0.15, -0.1) is 0 Å². The average molecular weight is 255 g/mol. The Balaban J connectivity index is 2.40. The zero-order valence-electron chi connectivity index (χ0n) is 8.54. The molecule has 1 aromatic heterocycles.